The minimum Gasteiger partial charge on any atom is -0.394 e. The first-order valence-corrected chi connectivity index (χ1v) is 10.0. The van der Waals surface area contributed by atoms with Crippen LogP contribution in [0.2, 0.25) is 0 Å². The van der Waals surface area contributed by atoms with Crippen LogP contribution < -0.4 is 5.32 Å². The minimum atomic E-state index is -0.397. The number of aliphatic hydroxyl groups is 1. The number of nitrogens with one attached hydrogen (secondary N) is 1. The molecule has 3 rings (SSSR count). The Morgan fingerprint density at radius 1 is 1.41 bits per heavy atom. The molecule has 9 heteroatoms. The van der Waals surface area contributed by atoms with Gasteiger partial charge in [0.15, 0.2) is 0 Å². The van der Waals surface area contributed by atoms with Crippen molar-refractivity contribution in [1.29, 1.82) is 0 Å². The first-order chi connectivity index (χ1) is 14.0. The van der Waals surface area contributed by atoms with E-state index in [4.69, 9.17) is 4.74 Å². The zero-order valence-corrected chi connectivity index (χ0v) is 17.1. The largest absolute Gasteiger partial charge is 0.394 e. The molecule has 0 aliphatic carbocycles. The molecule has 1 aliphatic heterocycles. The topological polar surface area (TPSA) is 105 Å². The van der Waals surface area contributed by atoms with E-state index in [0.717, 1.165) is 37.1 Å². The Bertz CT molecular complexity index is 767. The van der Waals surface area contributed by atoms with Gasteiger partial charge in [0.25, 0.3) is 0 Å². The van der Waals surface area contributed by atoms with Crippen molar-refractivity contribution in [1.82, 2.24) is 30.2 Å². The maximum atomic E-state index is 12.3. The van der Waals surface area contributed by atoms with Gasteiger partial charge in [-0.1, -0.05) is 11.3 Å². The maximum Gasteiger partial charge on any atom is 0.224 e. The van der Waals surface area contributed by atoms with Crippen molar-refractivity contribution in [3.8, 4) is 0 Å². The van der Waals surface area contributed by atoms with Crippen molar-refractivity contribution < 1.29 is 14.6 Å². The third-order valence-electron chi connectivity index (χ3n) is 4.97. The molecule has 1 fully saturated rings. The maximum absolute atomic E-state index is 12.3. The van der Waals surface area contributed by atoms with Gasteiger partial charge in [-0.05, 0) is 45.0 Å². The van der Waals surface area contributed by atoms with Gasteiger partial charge in [0.1, 0.15) is 6.10 Å². The zero-order chi connectivity index (χ0) is 20.6. The quantitative estimate of drug-likeness (QED) is 0.625. The standard InChI is InChI=1S/C20H30N6O3/c1-25(2)12-16-13-26(24-23-16)9-7-17-5-6-18(19(14-27)29-17)22-20(28)10-15-4-3-8-21-11-15/h3-4,8,11,13,17-19,27H,5-7,9-10,12,14H2,1-2H3,(H,22,28)/t17-,18-,19-/m1/s1. The number of hydrogen-bond donors (Lipinski definition) is 2. The average Bonchev–Trinajstić information content (AvgIpc) is 3.14. The molecule has 2 aromatic rings. The van der Waals surface area contributed by atoms with E-state index in [1.165, 1.54) is 0 Å². The summed E-state index contributed by atoms with van der Waals surface area (Å²) in [7, 11) is 3.99. The molecule has 158 valence electrons. The highest BCUT2D eigenvalue weighted by molar-refractivity contribution is 5.78. The van der Waals surface area contributed by atoms with Crippen molar-refractivity contribution in [3.05, 3.63) is 42.0 Å². The van der Waals surface area contributed by atoms with E-state index in [1.807, 2.05) is 42.0 Å². The van der Waals surface area contributed by atoms with E-state index >= 15 is 0 Å². The van der Waals surface area contributed by atoms with E-state index in [-0.39, 0.29) is 31.1 Å². The van der Waals surface area contributed by atoms with Crippen molar-refractivity contribution >= 4 is 5.91 Å². The van der Waals surface area contributed by atoms with Gasteiger partial charge in [0.05, 0.1) is 30.9 Å². The van der Waals surface area contributed by atoms with Gasteiger partial charge in [-0.2, -0.15) is 0 Å². The molecule has 1 aliphatic rings. The summed E-state index contributed by atoms with van der Waals surface area (Å²) in [6.45, 7) is 1.35. The van der Waals surface area contributed by atoms with Crippen LogP contribution in [0.3, 0.4) is 0 Å². The number of aliphatic hydroxyl groups excluding tert-OH is 1. The molecule has 2 N–H and O–H groups in total. The molecule has 0 radical (unpaired) electrons. The van der Waals surface area contributed by atoms with Crippen LogP contribution in [0.4, 0.5) is 0 Å². The Labute approximate surface area is 171 Å². The second-order valence-corrected chi connectivity index (χ2v) is 7.77. The number of ether oxygens (including phenoxy) is 1. The molecule has 29 heavy (non-hydrogen) atoms. The van der Waals surface area contributed by atoms with Gasteiger partial charge >= 0.3 is 0 Å². The normalized spacial score (nSPS) is 22.0. The molecule has 0 bridgehead atoms. The fourth-order valence-electron chi connectivity index (χ4n) is 3.58. The lowest BCUT2D eigenvalue weighted by Crippen LogP contribution is -2.51. The van der Waals surface area contributed by atoms with E-state index in [9.17, 15) is 9.90 Å². The number of nitrogens with zero attached hydrogens (tertiary/aromatic N) is 5. The summed E-state index contributed by atoms with van der Waals surface area (Å²) in [6.07, 6.45) is 7.61. The fraction of sp³-hybridized carbons (Fsp3) is 0.600. The van der Waals surface area contributed by atoms with Gasteiger partial charge < -0.3 is 20.1 Å². The molecule has 0 aromatic carbocycles. The van der Waals surface area contributed by atoms with Crippen molar-refractivity contribution in [2.24, 2.45) is 0 Å². The second kappa shape index (κ2) is 10.4. The Kier molecular flexibility index (Phi) is 7.68. The molecule has 1 saturated heterocycles. The average molecular weight is 402 g/mol. The monoisotopic (exact) mass is 402 g/mol. The van der Waals surface area contributed by atoms with Crippen LogP contribution in [-0.2, 0) is 29.0 Å². The number of amides is 1. The lowest BCUT2D eigenvalue weighted by Gasteiger charge is -2.36. The van der Waals surface area contributed by atoms with Gasteiger partial charge in [0, 0.05) is 31.7 Å². The predicted octanol–water partition coefficient (Wildman–Crippen LogP) is 0.392. The van der Waals surface area contributed by atoms with E-state index in [1.54, 1.807) is 12.4 Å². The molecule has 2 aromatic heterocycles. The van der Waals surface area contributed by atoms with Crippen LogP contribution in [0.25, 0.3) is 0 Å². The summed E-state index contributed by atoms with van der Waals surface area (Å²) in [5.41, 5.74) is 1.80. The number of carbonyl (C=O) groups is 1. The Balaban J connectivity index is 1.45. The van der Waals surface area contributed by atoms with Crippen LogP contribution in [0.1, 0.15) is 30.5 Å². The van der Waals surface area contributed by atoms with Crippen LogP contribution in [0.5, 0.6) is 0 Å². The Morgan fingerprint density at radius 2 is 2.28 bits per heavy atom. The molecule has 9 nitrogen and oxygen atoms in total. The summed E-state index contributed by atoms with van der Waals surface area (Å²) in [4.78, 5) is 18.4. The molecule has 3 heterocycles. The van der Waals surface area contributed by atoms with Gasteiger partial charge in [-0.15, -0.1) is 5.10 Å². The van der Waals surface area contributed by atoms with Crippen molar-refractivity contribution in [2.75, 3.05) is 20.7 Å². The molecular weight excluding hydrogens is 372 g/mol. The van der Waals surface area contributed by atoms with Gasteiger partial charge in [0.2, 0.25) is 5.91 Å². The van der Waals surface area contributed by atoms with Crippen molar-refractivity contribution in [3.63, 3.8) is 0 Å². The summed E-state index contributed by atoms with van der Waals surface area (Å²) >= 11 is 0. The number of carbonyl (C=O) groups excluding carboxylic acids is 1. The number of aryl methyl sites for hydroxylation is 1. The third-order valence-corrected chi connectivity index (χ3v) is 4.97. The molecule has 0 saturated carbocycles. The van der Waals surface area contributed by atoms with Gasteiger partial charge in [-0.25, -0.2) is 0 Å². The molecule has 0 unspecified atom stereocenters. The third kappa shape index (κ3) is 6.59. The van der Waals surface area contributed by atoms with E-state index < -0.39 is 6.10 Å². The van der Waals surface area contributed by atoms with Crippen LogP contribution in [-0.4, -0.2) is 74.8 Å². The number of rotatable bonds is 9. The highest BCUT2D eigenvalue weighted by Gasteiger charge is 2.31. The fourth-order valence-corrected chi connectivity index (χ4v) is 3.58. The Morgan fingerprint density at radius 3 is 3.00 bits per heavy atom. The van der Waals surface area contributed by atoms with E-state index in [0.29, 0.717) is 6.54 Å². The molecule has 3 atom stereocenters. The van der Waals surface area contributed by atoms with Crippen LogP contribution >= 0.6 is 0 Å². The lowest BCUT2D eigenvalue weighted by molar-refractivity contribution is -0.128. The highest BCUT2D eigenvalue weighted by atomic mass is 16.5. The predicted molar refractivity (Wildman–Crippen MR) is 107 cm³/mol. The lowest BCUT2D eigenvalue weighted by atomic mass is 9.97. The SMILES string of the molecule is CN(C)Cc1cn(CC[C@H]2CC[C@@H](NC(=O)Cc3cccnc3)[C@@H](CO)O2)nn1. The van der Waals surface area contributed by atoms with E-state index in [2.05, 4.69) is 20.6 Å². The minimum absolute atomic E-state index is 0.0279. The summed E-state index contributed by atoms with van der Waals surface area (Å²) in [6, 6.07) is 3.50. The number of aromatic nitrogens is 4. The number of hydrogen-bond acceptors (Lipinski definition) is 7. The summed E-state index contributed by atoms with van der Waals surface area (Å²) in [5.74, 6) is -0.0838. The van der Waals surface area contributed by atoms with Crippen molar-refractivity contribution in [2.45, 2.75) is 57.0 Å². The second-order valence-electron chi connectivity index (χ2n) is 7.77. The summed E-state index contributed by atoms with van der Waals surface area (Å²) in [5, 5.41) is 21.1. The molecular formula is C20H30N6O3. The first-order valence-electron chi connectivity index (χ1n) is 10.0. The van der Waals surface area contributed by atoms with Gasteiger partial charge in [-0.3, -0.25) is 14.5 Å². The molecule has 1 amide bonds. The molecule has 0 spiro atoms. The first kappa shape index (κ1) is 21.4. The van der Waals surface area contributed by atoms with Crippen LogP contribution in [0, 0.1) is 0 Å². The summed E-state index contributed by atoms with van der Waals surface area (Å²) < 4.78 is 7.88. The van der Waals surface area contributed by atoms with Crippen LogP contribution in [0.15, 0.2) is 30.7 Å². The smallest absolute Gasteiger partial charge is 0.224 e. The Hall–Kier alpha value is -2.36. The zero-order valence-electron chi connectivity index (χ0n) is 17.1. The number of pyridine rings is 1. The highest BCUT2D eigenvalue weighted by Crippen LogP contribution is 2.22.